The van der Waals surface area contributed by atoms with Gasteiger partial charge in [0.05, 0.1) is 6.61 Å². The van der Waals surface area contributed by atoms with Crippen LogP contribution in [0.1, 0.15) is 39.9 Å². The van der Waals surface area contributed by atoms with Gasteiger partial charge in [0.2, 0.25) is 0 Å². The van der Waals surface area contributed by atoms with Gasteiger partial charge in [0, 0.05) is 17.7 Å². The van der Waals surface area contributed by atoms with Crippen molar-refractivity contribution in [3.05, 3.63) is 95.1 Å². The highest BCUT2D eigenvalue weighted by Gasteiger charge is 2.11. The number of nitrogens with one attached hydrogen (secondary N) is 1. The van der Waals surface area contributed by atoms with Gasteiger partial charge in [-0.15, -0.1) is 0 Å². The molecular formula is C30H36N2O2. The maximum Gasteiger partial charge on any atom is 0.186 e. The van der Waals surface area contributed by atoms with Gasteiger partial charge < -0.3 is 15.0 Å². The fraction of sp³-hybridized carbons (Fsp3) is 0.300. The van der Waals surface area contributed by atoms with E-state index >= 15 is 0 Å². The molecule has 0 atom stereocenters. The average molecular weight is 457 g/mol. The molecule has 0 amide bonds. The number of unbranched alkanes of at least 4 members (excludes halogenated alkanes) is 1. The lowest BCUT2D eigenvalue weighted by Gasteiger charge is -2.13. The third kappa shape index (κ3) is 7.14. The van der Waals surface area contributed by atoms with Crippen LogP contribution in [0.5, 0.6) is 5.75 Å². The van der Waals surface area contributed by atoms with E-state index in [4.69, 9.17) is 4.74 Å². The van der Waals surface area contributed by atoms with Crippen molar-refractivity contribution in [2.45, 2.75) is 26.3 Å². The van der Waals surface area contributed by atoms with Crippen LogP contribution in [-0.2, 0) is 6.54 Å². The molecule has 0 heterocycles. The molecule has 4 heteroatoms. The quantitative estimate of drug-likeness (QED) is 0.206. The monoisotopic (exact) mass is 456 g/mol. The van der Waals surface area contributed by atoms with Gasteiger partial charge in [-0.3, -0.25) is 4.79 Å². The minimum Gasteiger partial charge on any atom is -0.493 e. The Bertz CT molecular complexity index is 1120. The first-order valence-electron chi connectivity index (χ1n) is 11.9. The molecule has 0 saturated heterocycles. The first-order chi connectivity index (χ1) is 16.5. The van der Waals surface area contributed by atoms with Crippen molar-refractivity contribution >= 4 is 11.9 Å². The molecule has 0 aliphatic carbocycles. The summed E-state index contributed by atoms with van der Waals surface area (Å²) in [7, 11) is 5.98. The van der Waals surface area contributed by atoms with Crippen molar-refractivity contribution in [3.63, 3.8) is 0 Å². The van der Waals surface area contributed by atoms with E-state index in [0.29, 0.717) is 6.61 Å². The van der Waals surface area contributed by atoms with Gasteiger partial charge in [0.1, 0.15) is 5.75 Å². The van der Waals surface area contributed by atoms with Gasteiger partial charge >= 0.3 is 0 Å². The van der Waals surface area contributed by atoms with E-state index in [1.54, 1.807) is 6.08 Å². The van der Waals surface area contributed by atoms with Gasteiger partial charge in [-0.05, 0) is 94.0 Å². The number of ether oxygens (including phenoxy) is 1. The fourth-order valence-corrected chi connectivity index (χ4v) is 3.95. The highest BCUT2D eigenvalue weighted by Crippen LogP contribution is 2.30. The Hall–Kier alpha value is -3.21. The number of nitrogens with zero attached hydrogens (tertiary/aromatic N) is 1. The molecule has 178 valence electrons. The third-order valence-electron chi connectivity index (χ3n) is 5.73. The second kappa shape index (κ2) is 12.9. The molecule has 4 nitrogen and oxygen atoms in total. The lowest BCUT2D eigenvalue weighted by Crippen LogP contribution is -2.13. The minimum absolute atomic E-state index is 0.00119. The van der Waals surface area contributed by atoms with E-state index in [9.17, 15) is 4.79 Å². The molecular weight excluding hydrogens is 420 g/mol. The van der Waals surface area contributed by atoms with Crippen molar-refractivity contribution < 1.29 is 9.53 Å². The largest absolute Gasteiger partial charge is 0.493 e. The summed E-state index contributed by atoms with van der Waals surface area (Å²) in [6.45, 7) is 4.46. The van der Waals surface area contributed by atoms with Gasteiger partial charge in [-0.1, -0.05) is 54.6 Å². The van der Waals surface area contributed by atoms with Gasteiger partial charge in [-0.2, -0.15) is 0 Å². The molecule has 0 aromatic heterocycles. The second-order valence-corrected chi connectivity index (χ2v) is 8.82. The summed E-state index contributed by atoms with van der Waals surface area (Å²) in [6.07, 6.45) is 5.59. The van der Waals surface area contributed by atoms with E-state index in [1.807, 2.05) is 63.6 Å². The van der Waals surface area contributed by atoms with Crippen LogP contribution >= 0.6 is 0 Å². The Labute approximate surface area is 204 Å². The van der Waals surface area contributed by atoms with Crippen molar-refractivity contribution in [1.82, 2.24) is 10.2 Å². The number of hydrogen-bond acceptors (Lipinski definition) is 4. The maximum absolute atomic E-state index is 13.1. The lowest BCUT2D eigenvalue weighted by atomic mass is 9.97. The molecule has 3 aromatic carbocycles. The Morgan fingerprint density at radius 3 is 2.53 bits per heavy atom. The zero-order valence-corrected chi connectivity index (χ0v) is 20.8. The van der Waals surface area contributed by atoms with Crippen LogP contribution in [0, 0.1) is 6.92 Å². The number of carbonyl (C=O) groups is 1. The highest BCUT2D eigenvalue weighted by molar-refractivity contribution is 6.08. The van der Waals surface area contributed by atoms with Crippen LogP contribution < -0.4 is 10.1 Å². The Balaban J connectivity index is 1.89. The summed E-state index contributed by atoms with van der Waals surface area (Å²) in [5.41, 5.74) is 6.18. The Morgan fingerprint density at radius 1 is 1.00 bits per heavy atom. The average Bonchev–Trinajstić information content (AvgIpc) is 2.83. The van der Waals surface area contributed by atoms with Crippen LogP contribution in [0.15, 0.2) is 72.8 Å². The summed E-state index contributed by atoms with van der Waals surface area (Å²) in [5.74, 6) is 0.797. The molecule has 0 unspecified atom stereocenters. The van der Waals surface area contributed by atoms with Gasteiger partial charge in [0.15, 0.2) is 5.78 Å². The standard InChI is InChI=1S/C30H36N2O2/c1-23-11-5-7-13-27(23)24-16-18-30(34-20-10-9-19-31-2)25(21-24)15-17-29(33)28-14-8-6-12-26(28)22-32(3)4/h5-8,11-18,21,31H,9-10,19-20,22H2,1-4H3. The number of allylic oxidation sites excluding steroid dienone is 1. The molecule has 0 radical (unpaired) electrons. The van der Waals surface area contributed by atoms with Crippen molar-refractivity contribution in [3.8, 4) is 16.9 Å². The lowest BCUT2D eigenvalue weighted by molar-refractivity contribution is 0.104. The second-order valence-electron chi connectivity index (χ2n) is 8.82. The number of ketones is 1. The molecule has 0 fully saturated rings. The first-order valence-corrected chi connectivity index (χ1v) is 11.9. The summed E-state index contributed by atoms with van der Waals surface area (Å²) in [6, 6.07) is 22.4. The van der Waals surface area contributed by atoms with Gasteiger partial charge in [0.25, 0.3) is 0 Å². The van der Waals surface area contributed by atoms with E-state index in [2.05, 4.69) is 47.5 Å². The topological polar surface area (TPSA) is 41.6 Å². The summed E-state index contributed by atoms with van der Waals surface area (Å²) in [4.78, 5) is 15.2. The smallest absolute Gasteiger partial charge is 0.186 e. The van der Waals surface area contributed by atoms with Crippen LogP contribution in [0.4, 0.5) is 0 Å². The number of rotatable bonds is 12. The van der Waals surface area contributed by atoms with Gasteiger partial charge in [-0.25, -0.2) is 0 Å². The molecule has 0 aliphatic heterocycles. The highest BCUT2D eigenvalue weighted by atomic mass is 16.5. The molecule has 3 aromatic rings. The van der Waals surface area contributed by atoms with Crippen LogP contribution in [-0.4, -0.2) is 45.0 Å². The summed E-state index contributed by atoms with van der Waals surface area (Å²) in [5, 5.41) is 3.17. The Kier molecular flexibility index (Phi) is 9.62. The number of hydrogen-bond donors (Lipinski definition) is 1. The zero-order chi connectivity index (χ0) is 24.3. The normalized spacial score (nSPS) is 11.3. The molecule has 0 bridgehead atoms. The van der Waals surface area contributed by atoms with Crippen LogP contribution in [0.2, 0.25) is 0 Å². The fourth-order valence-electron chi connectivity index (χ4n) is 3.95. The molecule has 1 N–H and O–H groups in total. The predicted octanol–water partition coefficient (Wildman–Crippen LogP) is 6.00. The summed E-state index contributed by atoms with van der Waals surface area (Å²) >= 11 is 0. The van der Waals surface area contributed by atoms with Crippen LogP contribution in [0.25, 0.3) is 17.2 Å². The molecule has 34 heavy (non-hydrogen) atoms. The van der Waals surface area contributed by atoms with E-state index in [0.717, 1.165) is 53.9 Å². The van der Waals surface area contributed by atoms with E-state index in [-0.39, 0.29) is 5.78 Å². The number of carbonyl (C=O) groups excluding carboxylic acids is 1. The van der Waals surface area contributed by atoms with E-state index in [1.165, 1.54) is 11.1 Å². The molecule has 0 spiro atoms. The molecule has 3 rings (SSSR count). The van der Waals surface area contributed by atoms with Crippen molar-refractivity contribution in [1.29, 1.82) is 0 Å². The Morgan fingerprint density at radius 2 is 1.76 bits per heavy atom. The molecule has 0 aliphatic rings. The SMILES string of the molecule is CNCCCCOc1ccc(-c2ccccc2C)cc1C=CC(=O)c1ccccc1CN(C)C. The zero-order valence-electron chi connectivity index (χ0n) is 20.8. The van der Waals surface area contributed by atoms with E-state index < -0.39 is 0 Å². The predicted molar refractivity (Wildman–Crippen MR) is 142 cm³/mol. The first kappa shape index (κ1) is 25.4. The van der Waals surface area contributed by atoms with Crippen molar-refractivity contribution in [2.24, 2.45) is 0 Å². The molecule has 0 saturated carbocycles. The summed E-state index contributed by atoms with van der Waals surface area (Å²) < 4.78 is 6.12. The minimum atomic E-state index is -0.00119. The maximum atomic E-state index is 13.1. The number of benzene rings is 3. The van der Waals surface area contributed by atoms with Crippen LogP contribution in [0.3, 0.4) is 0 Å². The number of aryl methyl sites for hydroxylation is 1. The third-order valence-corrected chi connectivity index (χ3v) is 5.73. The van der Waals surface area contributed by atoms with Crippen molar-refractivity contribution in [2.75, 3.05) is 34.3 Å².